The van der Waals surface area contributed by atoms with Gasteiger partial charge in [0.15, 0.2) is 0 Å². The van der Waals surface area contributed by atoms with Gasteiger partial charge < -0.3 is 4.98 Å². The van der Waals surface area contributed by atoms with E-state index < -0.39 is 0 Å². The monoisotopic (exact) mass is 341 g/mol. The highest BCUT2D eigenvalue weighted by molar-refractivity contribution is 5.75. The lowest BCUT2D eigenvalue weighted by Crippen LogP contribution is -2.15. The van der Waals surface area contributed by atoms with Crippen LogP contribution in [0.5, 0.6) is 0 Å². The van der Waals surface area contributed by atoms with E-state index in [-0.39, 0.29) is 11.5 Å². The lowest BCUT2D eigenvalue weighted by Gasteiger charge is -2.14. The third kappa shape index (κ3) is 2.30. The van der Waals surface area contributed by atoms with Crippen LogP contribution in [0.1, 0.15) is 35.6 Å². The molecule has 2 aromatic carbocycles. The highest BCUT2D eigenvalue weighted by Gasteiger charge is 2.31. The van der Waals surface area contributed by atoms with E-state index in [4.69, 9.17) is 0 Å². The van der Waals surface area contributed by atoms with Crippen molar-refractivity contribution in [2.75, 3.05) is 0 Å². The number of aromatic nitrogens is 3. The minimum atomic E-state index is -0.131. The molecular formula is C22H19N3O. The van der Waals surface area contributed by atoms with Crippen LogP contribution >= 0.6 is 0 Å². The molecule has 4 aromatic rings. The Kier molecular flexibility index (Phi) is 3.49. The number of imidazole rings is 1. The normalized spacial score (nSPS) is 15.2. The molecule has 0 spiro atoms. The van der Waals surface area contributed by atoms with Gasteiger partial charge in [0, 0.05) is 23.9 Å². The summed E-state index contributed by atoms with van der Waals surface area (Å²) in [6, 6.07) is 19.0. The number of aryl methyl sites for hydroxylation is 1. The maximum Gasteiger partial charge on any atom is 0.292 e. The summed E-state index contributed by atoms with van der Waals surface area (Å²) in [5.74, 6) is 0.276. The lowest BCUT2D eigenvalue weighted by molar-refractivity contribution is 0.651. The van der Waals surface area contributed by atoms with Gasteiger partial charge >= 0.3 is 0 Å². The van der Waals surface area contributed by atoms with Crippen LogP contribution in [-0.2, 0) is 6.42 Å². The number of hydrogen-bond donors (Lipinski definition) is 1. The molecule has 0 aliphatic heterocycles. The van der Waals surface area contributed by atoms with Crippen molar-refractivity contribution in [1.82, 2.24) is 14.4 Å². The van der Waals surface area contributed by atoms with Crippen LogP contribution in [-0.4, -0.2) is 14.4 Å². The molecule has 4 heteroatoms. The molecule has 0 bridgehead atoms. The number of fused-ring (bicyclic) bond motifs is 5. The number of benzene rings is 2. The van der Waals surface area contributed by atoms with Crippen LogP contribution in [0.3, 0.4) is 0 Å². The molecule has 2 heterocycles. The van der Waals surface area contributed by atoms with Gasteiger partial charge in [-0.25, -0.2) is 4.98 Å². The van der Waals surface area contributed by atoms with E-state index in [1.807, 2.05) is 16.7 Å². The van der Waals surface area contributed by atoms with Crippen molar-refractivity contribution in [3.63, 3.8) is 0 Å². The summed E-state index contributed by atoms with van der Waals surface area (Å²) in [5, 5.41) is 0. The summed E-state index contributed by atoms with van der Waals surface area (Å²) in [5.41, 5.74) is 6.26. The summed E-state index contributed by atoms with van der Waals surface area (Å²) in [7, 11) is 0. The van der Waals surface area contributed by atoms with Crippen molar-refractivity contribution < 1.29 is 0 Å². The zero-order valence-electron chi connectivity index (χ0n) is 14.4. The molecule has 1 unspecified atom stereocenters. The SMILES string of the molecule is O=c1[nH]c2c(n3ccnc13)C(CCCc1ccccc1)c1ccccc1-2. The number of nitrogens with one attached hydrogen (secondary N) is 1. The van der Waals surface area contributed by atoms with Gasteiger partial charge in [-0.05, 0) is 30.4 Å². The molecule has 0 amide bonds. The van der Waals surface area contributed by atoms with E-state index >= 15 is 0 Å². The Morgan fingerprint density at radius 1 is 1.04 bits per heavy atom. The van der Waals surface area contributed by atoms with Crippen molar-refractivity contribution in [3.8, 4) is 11.3 Å². The standard InChI is InChI=1S/C22H19N3O/c26-22-21-23-13-14-25(21)20-18(12-6-9-15-7-2-1-3-8-15)16-10-4-5-11-17(16)19(20)24-22/h1-5,7-8,10-11,13-14,18H,6,9,12H2,(H,24,26). The van der Waals surface area contributed by atoms with E-state index in [0.29, 0.717) is 5.65 Å². The maximum absolute atomic E-state index is 12.4. The predicted octanol–water partition coefficient (Wildman–Crippen LogP) is 4.16. The molecule has 5 rings (SSSR count). The maximum atomic E-state index is 12.4. The number of nitrogens with zero attached hydrogens (tertiary/aromatic N) is 2. The van der Waals surface area contributed by atoms with Gasteiger partial charge in [-0.1, -0.05) is 54.6 Å². The molecule has 1 N–H and O–H groups in total. The average molecular weight is 341 g/mol. The Morgan fingerprint density at radius 3 is 2.73 bits per heavy atom. The average Bonchev–Trinajstić information content (AvgIpc) is 3.27. The highest BCUT2D eigenvalue weighted by Crippen LogP contribution is 2.45. The van der Waals surface area contributed by atoms with Gasteiger partial charge in [0.05, 0.1) is 11.4 Å². The smallest absolute Gasteiger partial charge is 0.292 e. The van der Waals surface area contributed by atoms with E-state index in [9.17, 15) is 4.79 Å². The van der Waals surface area contributed by atoms with Crippen LogP contribution in [0, 0.1) is 0 Å². The van der Waals surface area contributed by atoms with Gasteiger partial charge in [0.1, 0.15) is 0 Å². The van der Waals surface area contributed by atoms with Crippen LogP contribution < -0.4 is 5.56 Å². The first kappa shape index (κ1) is 15.1. The zero-order valence-corrected chi connectivity index (χ0v) is 14.4. The number of hydrogen-bond acceptors (Lipinski definition) is 2. The number of H-pyrrole nitrogens is 1. The van der Waals surface area contributed by atoms with Gasteiger partial charge in [-0.2, -0.15) is 0 Å². The van der Waals surface area contributed by atoms with E-state index in [0.717, 1.165) is 36.2 Å². The molecule has 0 radical (unpaired) electrons. The second-order valence-corrected chi connectivity index (χ2v) is 6.85. The fourth-order valence-corrected chi connectivity index (χ4v) is 4.19. The molecule has 26 heavy (non-hydrogen) atoms. The molecule has 128 valence electrons. The predicted molar refractivity (Wildman–Crippen MR) is 102 cm³/mol. The molecular weight excluding hydrogens is 322 g/mol. The molecule has 0 fully saturated rings. The zero-order chi connectivity index (χ0) is 17.5. The van der Waals surface area contributed by atoms with Crippen molar-refractivity contribution in [2.45, 2.75) is 25.2 Å². The molecule has 1 aliphatic rings. The summed E-state index contributed by atoms with van der Waals surface area (Å²) in [6.07, 6.45) is 6.80. The van der Waals surface area contributed by atoms with Crippen LogP contribution in [0.4, 0.5) is 0 Å². The third-order valence-electron chi connectivity index (χ3n) is 5.33. The quantitative estimate of drug-likeness (QED) is 0.606. The molecule has 2 aromatic heterocycles. The number of aromatic amines is 1. The Bertz CT molecular complexity index is 1140. The van der Waals surface area contributed by atoms with E-state index in [1.165, 1.54) is 11.1 Å². The Balaban J connectivity index is 1.56. The molecule has 1 atom stereocenters. The van der Waals surface area contributed by atoms with E-state index in [1.54, 1.807) is 6.20 Å². The van der Waals surface area contributed by atoms with Crippen molar-refractivity contribution >= 4 is 5.65 Å². The first-order chi connectivity index (χ1) is 12.8. The third-order valence-corrected chi connectivity index (χ3v) is 5.33. The summed E-state index contributed by atoms with van der Waals surface area (Å²) in [6.45, 7) is 0. The second-order valence-electron chi connectivity index (χ2n) is 6.85. The van der Waals surface area contributed by atoms with Gasteiger partial charge in [0.2, 0.25) is 5.65 Å². The summed E-state index contributed by atoms with van der Waals surface area (Å²) in [4.78, 5) is 19.7. The fourth-order valence-electron chi connectivity index (χ4n) is 4.19. The van der Waals surface area contributed by atoms with Gasteiger partial charge in [-0.3, -0.25) is 9.20 Å². The second kappa shape index (κ2) is 5.99. The topological polar surface area (TPSA) is 50.2 Å². The largest absolute Gasteiger partial charge is 0.317 e. The Labute approximate surface area is 151 Å². The van der Waals surface area contributed by atoms with Gasteiger partial charge in [0.25, 0.3) is 5.56 Å². The highest BCUT2D eigenvalue weighted by atomic mass is 16.1. The van der Waals surface area contributed by atoms with Crippen molar-refractivity contribution in [3.05, 3.63) is 94.2 Å². The molecule has 4 nitrogen and oxygen atoms in total. The van der Waals surface area contributed by atoms with Crippen LogP contribution in [0.15, 0.2) is 71.8 Å². The van der Waals surface area contributed by atoms with Crippen molar-refractivity contribution in [1.29, 1.82) is 0 Å². The number of rotatable bonds is 4. The fraction of sp³-hybridized carbons (Fsp3) is 0.182. The Morgan fingerprint density at radius 2 is 1.85 bits per heavy atom. The first-order valence-corrected chi connectivity index (χ1v) is 9.05. The van der Waals surface area contributed by atoms with Crippen LogP contribution in [0.25, 0.3) is 16.9 Å². The molecule has 0 saturated heterocycles. The minimum absolute atomic E-state index is 0.131. The summed E-state index contributed by atoms with van der Waals surface area (Å²) >= 11 is 0. The Hall–Kier alpha value is -3.14. The lowest BCUT2D eigenvalue weighted by atomic mass is 9.93. The first-order valence-electron chi connectivity index (χ1n) is 9.05. The van der Waals surface area contributed by atoms with E-state index in [2.05, 4.69) is 58.5 Å². The van der Waals surface area contributed by atoms with Gasteiger partial charge in [-0.15, -0.1) is 0 Å². The summed E-state index contributed by atoms with van der Waals surface area (Å²) < 4.78 is 1.97. The van der Waals surface area contributed by atoms with Crippen LogP contribution in [0.2, 0.25) is 0 Å². The molecule has 0 saturated carbocycles. The minimum Gasteiger partial charge on any atom is -0.317 e. The van der Waals surface area contributed by atoms with Crippen molar-refractivity contribution in [2.24, 2.45) is 0 Å². The molecule has 1 aliphatic carbocycles.